The van der Waals surface area contributed by atoms with E-state index in [-0.39, 0.29) is 5.92 Å². The first-order valence-corrected chi connectivity index (χ1v) is 3.22. The van der Waals surface area contributed by atoms with Crippen molar-refractivity contribution in [3.05, 3.63) is 23.3 Å². The van der Waals surface area contributed by atoms with Gasteiger partial charge in [-0.3, -0.25) is 0 Å². The van der Waals surface area contributed by atoms with Crippen LogP contribution >= 0.6 is 11.6 Å². The number of rotatable bonds is 0. The highest BCUT2D eigenvalue weighted by molar-refractivity contribution is 6.43. The van der Waals surface area contributed by atoms with E-state index in [0.29, 0.717) is 10.7 Å². The lowest BCUT2D eigenvalue weighted by Gasteiger charge is -2.09. The van der Waals surface area contributed by atoms with Gasteiger partial charge in [-0.1, -0.05) is 30.7 Å². The Kier molecular flexibility index (Phi) is 1.72. The van der Waals surface area contributed by atoms with Gasteiger partial charge in [0.05, 0.1) is 10.7 Å². The molecular weight excluding hydrogens is 134 g/mol. The van der Waals surface area contributed by atoms with Crippen molar-refractivity contribution >= 4 is 17.3 Å². The molecule has 1 aliphatic carbocycles. The Morgan fingerprint density at radius 1 is 1.67 bits per heavy atom. The average Bonchev–Trinajstić information content (AvgIpc) is 1.83. The van der Waals surface area contributed by atoms with Crippen molar-refractivity contribution in [1.82, 2.24) is 0 Å². The molecule has 1 rings (SSSR count). The van der Waals surface area contributed by atoms with Crippen LogP contribution in [-0.2, 0) is 0 Å². The lowest BCUT2D eigenvalue weighted by atomic mass is 10.0. The Morgan fingerprint density at radius 3 is 2.78 bits per heavy atom. The fraction of sp³-hybridized carbons (Fsp3) is 0.286. The van der Waals surface area contributed by atoms with Gasteiger partial charge >= 0.3 is 0 Å². The standard InChI is InChI=1S/C7H8ClN/c1-5-3-2-4-6(8)7(5)9/h2-5,9H,1H3. The summed E-state index contributed by atoms with van der Waals surface area (Å²) in [6.07, 6.45) is 5.57. The van der Waals surface area contributed by atoms with Crippen LogP contribution in [0.3, 0.4) is 0 Å². The molecule has 0 aliphatic heterocycles. The Balaban J connectivity index is 2.86. The number of halogens is 1. The molecular formula is C7H8ClN. The molecule has 0 heterocycles. The molecule has 0 aromatic heterocycles. The van der Waals surface area contributed by atoms with Crippen molar-refractivity contribution in [3.63, 3.8) is 0 Å². The predicted molar refractivity (Wildman–Crippen MR) is 40.0 cm³/mol. The molecule has 0 aromatic carbocycles. The summed E-state index contributed by atoms with van der Waals surface area (Å²) in [6, 6.07) is 0. The summed E-state index contributed by atoms with van der Waals surface area (Å²) in [4.78, 5) is 0. The van der Waals surface area contributed by atoms with E-state index in [0.717, 1.165) is 0 Å². The van der Waals surface area contributed by atoms with Crippen LogP contribution < -0.4 is 0 Å². The Labute approximate surface area is 59.5 Å². The van der Waals surface area contributed by atoms with Crippen LogP contribution in [0.15, 0.2) is 23.3 Å². The SMILES string of the molecule is CC1C=CC=C(Cl)C1=N. The highest BCUT2D eigenvalue weighted by Gasteiger charge is 2.10. The van der Waals surface area contributed by atoms with Gasteiger partial charge < -0.3 is 5.41 Å². The maximum absolute atomic E-state index is 7.35. The summed E-state index contributed by atoms with van der Waals surface area (Å²) in [6.45, 7) is 1.95. The molecule has 48 valence electrons. The number of hydrogen-bond acceptors (Lipinski definition) is 1. The van der Waals surface area contributed by atoms with Gasteiger partial charge in [-0.25, -0.2) is 0 Å². The first-order valence-electron chi connectivity index (χ1n) is 2.84. The third-order valence-electron chi connectivity index (χ3n) is 1.35. The van der Waals surface area contributed by atoms with Gasteiger partial charge in [0.15, 0.2) is 0 Å². The second-order valence-corrected chi connectivity index (χ2v) is 2.51. The third kappa shape index (κ3) is 1.22. The Bertz CT molecular complexity index is 191. The van der Waals surface area contributed by atoms with Gasteiger partial charge in [0.2, 0.25) is 0 Å². The average molecular weight is 142 g/mol. The molecule has 0 amide bonds. The third-order valence-corrected chi connectivity index (χ3v) is 1.68. The van der Waals surface area contributed by atoms with E-state index in [1.54, 1.807) is 6.08 Å². The minimum absolute atomic E-state index is 0.183. The Hall–Kier alpha value is -0.560. The number of nitrogens with one attached hydrogen (secondary N) is 1. The van der Waals surface area contributed by atoms with E-state index in [4.69, 9.17) is 17.0 Å². The summed E-state index contributed by atoms with van der Waals surface area (Å²) in [5, 5.41) is 7.91. The monoisotopic (exact) mass is 141 g/mol. The summed E-state index contributed by atoms with van der Waals surface area (Å²) in [5.74, 6) is 0.183. The molecule has 1 atom stereocenters. The second-order valence-electron chi connectivity index (χ2n) is 2.10. The van der Waals surface area contributed by atoms with Crippen LogP contribution in [0.1, 0.15) is 6.92 Å². The van der Waals surface area contributed by atoms with Crippen molar-refractivity contribution in [2.24, 2.45) is 5.92 Å². The maximum Gasteiger partial charge on any atom is 0.0619 e. The van der Waals surface area contributed by atoms with Gasteiger partial charge in [-0.2, -0.15) is 0 Å². The first-order chi connectivity index (χ1) is 4.22. The van der Waals surface area contributed by atoms with Gasteiger partial charge in [0.25, 0.3) is 0 Å². The van der Waals surface area contributed by atoms with Gasteiger partial charge in [-0.05, 0) is 6.08 Å². The zero-order valence-corrected chi connectivity index (χ0v) is 5.94. The normalized spacial score (nSPS) is 26.2. The Morgan fingerprint density at radius 2 is 2.33 bits per heavy atom. The molecule has 1 nitrogen and oxygen atoms in total. The van der Waals surface area contributed by atoms with E-state index in [9.17, 15) is 0 Å². The molecule has 0 fully saturated rings. The van der Waals surface area contributed by atoms with Crippen molar-refractivity contribution in [3.8, 4) is 0 Å². The molecule has 0 saturated heterocycles. The van der Waals surface area contributed by atoms with E-state index in [1.165, 1.54) is 0 Å². The molecule has 2 heteroatoms. The van der Waals surface area contributed by atoms with Crippen molar-refractivity contribution in [2.45, 2.75) is 6.92 Å². The fourth-order valence-corrected chi connectivity index (χ4v) is 0.955. The molecule has 0 saturated carbocycles. The van der Waals surface area contributed by atoms with Crippen LogP contribution in [0.4, 0.5) is 0 Å². The molecule has 1 aliphatic rings. The van der Waals surface area contributed by atoms with Crippen molar-refractivity contribution in [2.75, 3.05) is 0 Å². The zero-order chi connectivity index (χ0) is 6.85. The van der Waals surface area contributed by atoms with Crippen LogP contribution in [0.5, 0.6) is 0 Å². The molecule has 1 N–H and O–H groups in total. The van der Waals surface area contributed by atoms with Crippen molar-refractivity contribution < 1.29 is 0 Å². The highest BCUT2D eigenvalue weighted by atomic mass is 35.5. The van der Waals surface area contributed by atoms with Gasteiger partial charge in [0, 0.05) is 5.92 Å². The summed E-state index contributed by atoms with van der Waals surface area (Å²) < 4.78 is 0. The van der Waals surface area contributed by atoms with E-state index >= 15 is 0 Å². The summed E-state index contributed by atoms with van der Waals surface area (Å²) in [5.41, 5.74) is 0.513. The van der Waals surface area contributed by atoms with Crippen LogP contribution in [-0.4, -0.2) is 5.71 Å². The summed E-state index contributed by atoms with van der Waals surface area (Å²) in [7, 11) is 0. The molecule has 0 spiro atoms. The smallest absolute Gasteiger partial charge is 0.0619 e. The topological polar surface area (TPSA) is 23.9 Å². The lowest BCUT2D eigenvalue weighted by Crippen LogP contribution is -2.09. The number of hydrogen-bond donors (Lipinski definition) is 1. The minimum Gasteiger partial charge on any atom is -0.303 e. The minimum atomic E-state index is 0.183. The van der Waals surface area contributed by atoms with Crippen molar-refractivity contribution in [1.29, 1.82) is 5.41 Å². The highest BCUT2D eigenvalue weighted by Crippen LogP contribution is 2.16. The molecule has 1 unspecified atom stereocenters. The summed E-state index contributed by atoms with van der Waals surface area (Å²) >= 11 is 5.65. The fourth-order valence-electron chi connectivity index (χ4n) is 0.710. The van der Waals surface area contributed by atoms with Gasteiger partial charge in [0.1, 0.15) is 0 Å². The first kappa shape index (κ1) is 6.56. The lowest BCUT2D eigenvalue weighted by molar-refractivity contribution is 0.982. The zero-order valence-electron chi connectivity index (χ0n) is 5.19. The predicted octanol–water partition coefficient (Wildman–Crippen LogP) is 2.33. The van der Waals surface area contributed by atoms with E-state index < -0.39 is 0 Å². The quantitative estimate of drug-likeness (QED) is 0.536. The molecule has 0 radical (unpaired) electrons. The van der Waals surface area contributed by atoms with E-state index in [1.807, 2.05) is 19.1 Å². The number of allylic oxidation sites excluding steroid dienone is 4. The van der Waals surface area contributed by atoms with Crippen LogP contribution in [0, 0.1) is 11.3 Å². The van der Waals surface area contributed by atoms with Crippen LogP contribution in [0.25, 0.3) is 0 Å². The second kappa shape index (κ2) is 2.36. The maximum atomic E-state index is 7.35. The van der Waals surface area contributed by atoms with Gasteiger partial charge in [-0.15, -0.1) is 0 Å². The van der Waals surface area contributed by atoms with E-state index in [2.05, 4.69) is 0 Å². The molecule has 0 aromatic rings. The molecule has 0 bridgehead atoms. The molecule has 9 heavy (non-hydrogen) atoms. The van der Waals surface area contributed by atoms with Crippen LogP contribution in [0.2, 0.25) is 0 Å². The largest absolute Gasteiger partial charge is 0.303 e.